The molecule has 0 aromatic heterocycles. The minimum Gasteiger partial charge on any atom is -0.371 e. The van der Waals surface area contributed by atoms with Gasteiger partial charge in [-0.3, -0.25) is 4.79 Å². The molecule has 20 heavy (non-hydrogen) atoms. The maximum atomic E-state index is 11.6. The third kappa shape index (κ3) is 2.29. The van der Waals surface area contributed by atoms with Gasteiger partial charge in [-0.2, -0.15) is 0 Å². The first-order valence-corrected chi connectivity index (χ1v) is 7.66. The Hall–Kier alpha value is -1.55. The van der Waals surface area contributed by atoms with Crippen molar-refractivity contribution in [2.75, 3.05) is 23.3 Å². The van der Waals surface area contributed by atoms with Crippen molar-refractivity contribution in [1.82, 2.24) is 0 Å². The van der Waals surface area contributed by atoms with E-state index in [9.17, 15) is 4.79 Å². The summed E-state index contributed by atoms with van der Waals surface area (Å²) in [4.78, 5) is 14.1. The maximum absolute atomic E-state index is 11.6. The van der Waals surface area contributed by atoms with Crippen LogP contribution in [0.15, 0.2) is 18.2 Å². The summed E-state index contributed by atoms with van der Waals surface area (Å²) in [5.41, 5.74) is 8.93. The van der Waals surface area contributed by atoms with Gasteiger partial charge >= 0.3 is 0 Å². The van der Waals surface area contributed by atoms with Crippen LogP contribution in [0.4, 0.5) is 11.4 Å². The highest BCUT2D eigenvalue weighted by Crippen LogP contribution is 2.38. The van der Waals surface area contributed by atoms with Crippen LogP contribution in [0.5, 0.6) is 0 Å². The predicted octanol–water partition coefficient (Wildman–Crippen LogP) is 2.26. The van der Waals surface area contributed by atoms with E-state index >= 15 is 0 Å². The fourth-order valence-corrected chi connectivity index (χ4v) is 2.98. The number of anilines is 2. The minimum absolute atomic E-state index is 0.0897. The van der Waals surface area contributed by atoms with Gasteiger partial charge in [0, 0.05) is 30.0 Å². The Balaban J connectivity index is 1.59. The van der Waals surface area contributed by atoms with Crippen LogP contribution in [0, 0.1) is 11.8 Å². The molecule has 0 bridgehead atoms. The highest BCUT2D eigenvalue weighted by Gasteiger charge is 2.31. The zero-order valence-corrected chi connectivity index (χ0v) is 11.6. The van der Waals surface area contributed by atoms with Crippen LogP contribution in [0.1, 0.15) is 37.3 Å². The number of hydrogen-bond donors (Lipinski definition) is 2. The first-order valence-electron chi connectivity index (χ1n) is 7.66. The lowest BCUT2D eigenvalue weighted by Gasteiger charge is -2.25. The molecule has 2 fully saturated rings. The van der Waals surface area contributed by atoms with Gasteiger partial charge in [-0.05, 0) is 49.7 Å². The predicted molar refractivity (Wildman–Crippen MR) is 79.7 cm³/mol. The molecule has 4 heteroatoms. The summed E-state index contributed by atoms with van der Waals surface area (Å²) < 4.78 is 0. The van der Waals surface area contributed by atoms with E-state index in [4.69, 9.17) is 5.73 Å². The quantitative estimate of drug-likeness (QED) is 0.863. The second-order valence-corrected chi connectivity index (χ2v) is 6.53. The minimum atomic E-state index is -0.501. The van der Waals surface area contributed by atoms with Gasteiger partial charge < -0.3 is 16.0 Å². The van der Waals surface area contributed by atoms with Gasteiger partial charge in [0.25, 0.3) is 0 Å². The van der Waals surface area contributed by atoms with Crippen molar-refractivity contribution in [3.63, 3.8) is 0 Å². The summed E-state index contributed by atoms with van der Waals surface area (Å²) in [5, 5.41) is 2.89. The van der Waals surface area contributed by atoms with Crippen LogP contribution in [-0.4, -0.2) is 19.0 Å². The van der Waals surface area contributed by atoms with Crippen molar-refractivity contribution in [3.8, 4) is 0 Å². The van der Waals surface area contributed by atoms with E-state index in [1.54, 1.807) is 0 Å². The van der Waals surface area contributed by atoms with Crippen LogP contribution in [-0.2, 0) is 4.79 Å². The summed E-state index contributed by atoms with van der Waals surface area (Å²) >= 11 is 0. The molecule has 1 heterocycles. The van der Waals surface area contributed by atoms with E-state index in [2.05, 4.69) is 22.3 Å². The van der Waals surface area contributed by atoms with Crippen molar-refractivity contribution in [2.45, 2.75) is 31.7 Å². The van der Waals surface area contributed by atoms with Gasteiger partial charge in [-0.1, -0.05) is 6.07 Å². The fourth-order valence-electron chi connectivity index (χ4n) is 2.98. The lowest BCUT2D eigenvalue weighted by Crippen LogP contribution is -2.28. The summed E-state index contributed by atoms with van der Waals surface area (Å²) in [5.74, 6) is 1.66. The Kier molecular flexibility index (Phi) is 2.74. The normalized spacial score (nSPS) is 24.4. The molecule has 1 amide bonds. The van der Waals surface area contributed by atoms with Crippen LogP contribution >= 0.6 is 0 Å². The number of nitrogens with zero attached hydrogens (tertiary/aromatic N) is 1. The number of benzene rings is 1. The zero-order valence-electron chi connectivity index (χ0n) is 11.6. The number of rotatable bonds is 5. The van der Waals surface area contributed by atoms with E-state index < -0.39 is 6.04 Å². The molecule has 1 aromatic rings. The second-order valence-electron chi connectivity index (χ2n) is 6.53. The number of carbonyl (C=O) groups is 1. The molecule has 1 atom stereocenters. The molecule has 0 saturated heterocycles. The second kappa shape index (κ2) is 4.48. The summed E-state index contributed by atoms with van der Waals surface area (Å²) in [7, 11) is 0. The monoisotopic (exact) mass is 271 g/mol. The van der Waals surface area contributed by atoms with E-state index in [0.29, 0.717) is 0 Å². The lowest BCUT2D eigenvalue weighted by molar-refractivity contribution is -0.116. The third-order valence-electron chi connectivity index (χ3n) is 4.63. The van der Waals surface area contributed by atoms with Crippen LogP contribution < -0.4 is 16.0 Å². The Morgan fingerprint density at radius 3 is 2.40 bits per heavy atom. The number of hydrogen-bond acceptors (Lipinski definition) is 3. The number of amides is 1. The first kappa shape index (κ1) is 12.2. The number of nitrogens with one attached hydrogen (secondary N) is 1. The molecule has 4 rings (SSSR count). The molecule has 1 unspecified atom stereocenters. The van der Waals surface area contributed by atoms with Gasteiger partial charge in [-0.25, -0.2) is 0 Å². The molecular weight excluding hydrogens is 250 g/mol. The largest absolute Gasteiger partial charge is 0.371 e. The van der Waals surface area contributed by atoms with E-state index in [1.807, 2.05) is 6.07 Å². The standard InChI is InChI=1S/C16H21N3O/c17-15-13-6-5-12(7-14(13)18-16(15)20)19(8-10-1-2-10)9-11-3-4-11/h5-7,10-11,15H,1-4,8-9,17H2,(H,18,20). The Labute approximate surface area is 119 Å². The average Bonchev–Trinajstić information content (AvgIpc) is 3.33. The highest BCUT2D eigenvalue weighted by atomic mass is 16.2. The SMILES string of the molecule is NC1C(=O)Nc2cc(N(CC3CC3)CC3CC3)ccc21. The molecule has 2 aliphatic carbocycles. The topological polar surface area (TPSA) is 58.4 Å². The van der Waals surface area contributed by atoms with E-state index in [-0.39, 0.29) is 5.91 Å². The summed E-state index contributed by atoms with van der Waals surface area (Å²) in [6.45, 7) is 2.32. The van der Waals surface area contributed by atoms with Crippen LogP contribution in [0.25, 0.3) is 0 Å². The maximum Gasteiger partial charge on any atom is 0.245 e. The Bertz CT molecular complexity index is 535. The third-order valence-corrected chi connectivity index (χ3v) is 4.63. The zero-order chi connectivity index (χ0) is 13.7. The van der Waals surface area contributed by atoms with Gasteiger partial charge in [0.15, 0.2) is 0 Å². The lowest BCUT2D eigenvalue weighted by atomic mass is 10.1. The van der Waals surface area contributed by atoms with Gasteiger partial charge in [0.05, 0.1) is 0 Å². The van der Waals surface area contributed by atoms with Crippen molar-refractivity contribution >= 4 is 17.3 Å². The Morgan fingerprint density at radius 2 is 1.80 bits per heavy atom. The van der Waals surface area contributed by atoms with Crippen LogP contribution in [0.3, 0.4) is 0 Å². The summed E-state index contributed by atoms with van der Waals surface area (Å²) in [6, 6.07) is 5.74. The van der Waals surface area contributed by atoms with Gasteiger partial charge in [-0.15, -0.1) is 0 Å². The summed E-state index contributed by atoms with van der Waals surface area (Å²) in [6.07, 6.45) is 5.48. The first-order chi connectivity index (χ1) is 9.70. The smallest absolute Gasteiger partial charge is 0.245 e. The molecule has 106 valence electrons. The molecule has 1 aliphatic heterocycles. The number of fused-ring (bicyclic) bond motifs is 1. The molecule has 0 radical (unpaired) electrons. The van der Waals surface area contributed by atoms with Gasteiger partial charge in [0.2, 0.25) is 5.91 Å². The fraction of sp³-hybridized carbons (Fsp3) is 0.562. The van der Waals surface area contributed by atoms with E-state index in [1.165, 1.54) is 31.4 Å². The average molecular weight is 271 g/mol. The molecule has 2 saturated carbocycles. The van der Waals surface area contributed by atoms with Crippen molar-refractivity contribution in [3.05, 3.63) is 23.8 Å². The van der Waals surface area contributed by atoms with E-state index in [0.717, 1.165) is 36.2 Å². The number of carbonyl (C=O) groups excluding carboxylic acids is 1. The van der Waals surface area contributed by atoms with Gasteiger partial charge in [0.1, 0.15) is 6.04 Å². The molecule has 3 aliphatic rings. The molecule has 3 N–H and O–H groups in total. The molecular formula is C16H21N3O. The van der Waals surface area contributed by atoms with Crippen LogP contribution in [0.2, 0.25) is 0 Å². The molecule has 1 aromatic carbocycles. The van der Waals surface area contributed by atoms with Crippen molar-refractivity contribution in [1.29, 1.82) is 0 Å². The highest BCUT2D eigenvalue weighted by molar-refractivity contribution is 6.02. The molecule has 0 spiro atoms. The van der Waals surface area contributed by atoms with Crippen molar-refractivity contribution < 1.29 is 4.79 Å². The number of nitrogens with two attached hydrogens (primary N) is 1. The van der Waals surface area contributed by atoms with Crippen molar-refractivity contribution in [2.24, 2.45) is 17.6 Å². The molecule has 4 nitrogen and oxygen atoms in total. The Morgan fingerprint density at radius 1 is 1.15 bits per heavy atom.